The molecule has 0 radical (unpaired) electrons. The molecule has 1 amide bonds. The SMILES string of the molecule is COc1cc(NC(C)CCCN(Cc2ccc(N(C)C)cc2)C(=O)/C=C/c2ccccc2)c2ncccc2c1. The molecule has 0 saturated heterocycles. The molecule has 4 rings (SSSR count). The standard InChI is InChI=1S/C33H38N4O2/c1-25(35-31-23-30(39-4)22-28-13-8-20-34-33(28)31)10-9-21-37(24-27-14-17-29(18-15-27)36(2)3)32(38)19-16-26-11-6-5-7-12-26/h5-8,11-20,22-23,25,35H,9-10,21,24H2,1-4H3/b19-16+. The number of pyridine rings is 1. The van der Waals surface area contributed by atoms with Gasteiger partial charge in [-0.15, -0.1) is 0 Å². The number of carbonyl (C=O) groups excluding carboxylic acids is 1. The minimum atomic E-state index is 0.0131. The molecule has 0 spiro atoms. The van der Waals surface area contributed by atoms with E-state index in [-0.39, 0.29) is 11.9 Å². The zero-order valence-electron chi connectivity index (χ0n) is 23.3. The molecule has 0 bridgehead atoms. The van der Waals surface area contributed by atoms with Crippen molar-refractivity contribution in [2.24, 2.45) is 0 Å². The third-order valence-electron chi connectivity index (χ3n) is 6.74. The summed E-state index contributed by atoms with van der Waals surface area (Å²) in [5, 5.41) is 4.65. The van der Waals surface area contributed by atoms with Crippen LogP contribution in [-0.4, -0.2) is 49.6 Å². The van der Waals surface area contributed by atoms with Crippen molar-refractivity contribution in [3.8, 4) is 5.75 Å². The number of methoxy groups -OCH3 is 1. The summed E-state index contributed by atoms with van der Waals surface area (Å²) in [5.74, 6) is 0.812. The van der Waals surface area contributed by atoms with Gasteiger partial charge < -0.3 is 19.9 Å². The lowest BCUT2D eigenvalue weighted by Gasteiger charge is -2.23. The molecule has 0 aliphatic rings. The molecule has 3 aromatic carbocycles. The minimum Gasteiger partial charge on any atom is -0.497 e. The van der Waals surface area contributed by atoms with Gasteiger partial charge in [-0.2, -0.15) is 0 Å². The maximum Gasteiger partial charge on any atom is 0.246 e. The highest BCUT2D eigenvalue weighted by molar-refractivity contribution is 5.92. The Labute approximate surface area is 231 Å². The monoisotopic (exact) mass is 522 g/mol. The van der Waals surface area contributed by atoms with Crippen LogP contribution in [0, 0.1) is 0 Å². The lowest BCUT2D eigenvalue weighted by Crippen LogP contribution is -2.31. The van der Waals surface area contributed by atoms with Crippen LogP contribution in [0.25, 0.3) is 17.0 Å². The van der Waals surface area contributed by atoms with Gasteiger partial charge in [0.25, 0.3) is 0 Å². The zero-order chi connectivity index (χ0) is 27.6. The van der Waals surface area contributed by atoms with Crippen LogP contribution in [0.5, 0.6) is 5.75 Å². The first kappa shape index (κ1) is 27.7. The van der Waals surface area contributed by atoms with Crippen LogP contribution in [-0.2, 0) is 11.3 Å². The van der Waals surface area contributed by atoms with E-state index in [0.717, 1.165) is 52.0 Å². The lowest BCUT2D eigenvalue weighted by molar-refractivity contribution is -0.126. The van der Waals surface area contributed by atoms with Crippen LogP contribution in [0.1, 0.15) is 30.9 Å². The first-order chi connectivity index (χ1) is 18.9. The zero-order valence-corrected chi connectivity index (χ0v) is 23.3. The summed E-state index contributed by atoms with van der Waals surface area (Å²) in [6.45, 7) is 3.39. The fourth-order valence-electron chi connectivity index (χ4n) is 4.54. The van der Waals surface area contributed by atoms with E-state index in [1.165, 1.54) is 0 Å². The van der Waals surface area contributed by atoms with Crippen LogP contribution in [0.4, 0.5) is 11.4 Å². The third kappa shape index (κ3) is 7.84. The molecule has 0 fully saturated rings. The van der Waals surface area contributed by atoms with Gasteiger partial charge in [0.05, 0.1) is 18.3 Å². The number of aromatic nitrogens is 1. The fraction of sp³-hybridized carbons (Fsp3) is 0.273. The summed E-state index contributed by atoms with van der Waals surface area (Å²) in [6.07, 6.45) is 7.14. The molecular formula is C33H38N4O2. The molecule has 1 atom stereocenters. The summed E-state index contributed by atoms with van der Waals surface area (Å²) in [7, 11) is 5.73. The van der Waals surface area contributed by atoms with Crippen LogP contribution < -0.4 is 15.0 Å². The number of carbonyl (C=O) groups is 1. The second kappa shape index (κ2) is 13.5. The maximum atomic E-state index is 13.3. The normalized spacial score (nSPS) is 11.9. The Morgan fingerprint density at radius 1 is 1.03 bits per heavy atom. The van der Waals surface area contributed by atoms with Crippen molar-refractivity contribution in [3.05, 3.63) is 102 Å². The Hall–Kier alpha value is -4.32. The van der Waals surface area contributed by atoms with E-state index in [1.807, 2.05) is 85.9 Å². The van der Waals surface area contributed by atoms with E-state index in [1.54, 1.807) is 13.2 Å². The summed E-state index contributed by atoms with van der Waals surface area (Å²) in [6, 6.07) is 26.5. The molecule has 202 valence electrons. The van der Waals surface area contributed by atoms with Crippen molar-refractivity contribution in [3.63, 3.8) is 0 Å². The molecule has 1 aromatic heterocycles. The van der Waals surface area contributed by atoms with Gasteiger partial charge in [-0.05, 0) is 61.2 Å². The van der Waals surface area contributed by atoms with E-state index < -0.39 is 0 Å². The highest BCUT2D eigenvalue weighted by Crippen LogP contribution is 2.28. The number of amides is 1. The van der Waals surface area contributed by atoms with Crippen molar-refractivity contribution in [1.82, 2.24) is 9.88 Å². The van der Waals surface area contributed by atoms with E-state index in [9.17, 15) is 4.79 Å². The molecule has 6 heteroatoms. The Kier molecular flexibility index (Phi) is 9.57. The topological polar surface area (TPSA) is 57.7 Å². The summed E-state index contributed by atoms with van der Waals surface area (Å²) in [4.78, 5) is 21.8. The molecule has 39 heavy (non-hydrogen) atoms. The highest BCUT2D eigenvalue weighted by atomic mass is 16.5. The summed E-state index contributed by atoms with van der Waals surface area (Å²) < 4.78 is 5.49. The molecule has 4 aromatic rings. The number of hydrogen-bond donors (Lipinski definition) is 1. The van der Waals surface area contributed by atoms with Crippen LogP contribution in [0.2, 0.25) is 0 Å². The molecule has 1 N–H and O–H groups in total. The molecule has 1 unspecified atom stereocenters. The molecule has 1 heterocycles. The van der Waals surface area contributed by atoms with E-state index >= 15 is 0 Å². The van der Waals surface area contributed by atoms with Gasteiger partial charge in [-0.1, -0.05) is 48.5 Å². The van der Waals surface area contributed by atoms with Gasteiger partial charge >= 0.3 is 0 Å². The van der Waals surface area contributed by atoms with Gasteiger partial charge in [-0.25, -0.2) is 0 Å². The van der Waals surface area contributed by atoms with Crippen LogP contribution in [0.15, 0.2) is 91.1 Å². The average molecular weight is 523 g/mol. The fourth-order valence-corrected chi connectivity index (χ4v) is 4.54. The number of anilines is 2. The highest BCUT2D eigenvalue weighted by Gasteiger charge is 2.14. The maximum absolute atomic E-state index is 13.3. The molecule has 0 saturated carbocycles. The van der Waals surface area contributed by atoms with Crippen molar-refractivity contribution in [1.29, 1.82) is 0 Å². The van der Waals surface area contributed by atoms with Gasteiger partial charge in [0.2, 0.25) is 5.91 Å². The first-order valence-corrected chi connectivity index (χ1v) is 13.4. The second-order valence-electron chi connectivity index (χ2n) is 10.0. The van der Waals surface area contributed by atoms with Gasteiger partial charge in [0.15, 0.2) is 0 Å². The van der Waals surface area contributed by atoms with Crippen molar-refractivity contribution in [2.45, 2.75) is 32.4 Å². The number of nitrogens with zero attached hydrogens (tertiary/aromatic N) is 3. The minimum absolute atomic E-state index is 0.0131. The summed E-state index contributed by atoms with van der Waals surface area (Å²) >= 11 is 0. The van der Waals surface area contributed by atoms with Crippen molar-refractivity contribution in [2.75, 3.05) is 38.0 Å². The molecule has 6 nitrogen and oxygen atoms in total. The number of hydrogen-bond acceptors (Lipinski definition) is 5. The van der Waals surface area contributed by atoms with E-state index in [2.05, 4.69) is 46.4 Å². The molecule has 0 aliphatic heterocycles. The number of ether oxygens (including phenoxy) is 1. The third-order valence-corrected chi connectivity index (χ3v) is 6.74. The van der Waals surface area contributed by atoms with E-state index in [4.69, 9.17) is 4.74 Å². The Morgan fingerprint density at radius 3 is 2.51 bits per heavy atom. The quantitative estimate of drug-likeness (QED) is 0.212. The predicted octanol–water partition coefficient (Wildman–Crippen LogP) is 6.63. The predicted molar refractivity (Wildman–Crippen MR) is 162 cm³/mol. The molecule has 0 aliphatic carbocycles. The van der Waals surface area contributed by atoms with E-state index in [0.29, 0.717) is 13.1 Å². The first-order valence-electron chi connectivity index (χ1n) is 13.4. The number of fused-ring (bicyclic) bond motifs is 1. The summed E-state index contributed by atoms with van der Waals surface area (Å²) in [5.41, 5.74) is 5.15. The number of rotatable bonds is 12. The lowest BCUT2D eigenvalue weighted by atomic mass is 10.1. The number of nitrogens with one attached hydrogen (secondary N) is 1. The second-order valence-corrected chi connectivity index (χ2v) is 10.0. The Morgan fingerprint density at radius 2 is 1.79 bits per heavy atom. The van der Waals surface area contributed by atoms with Crippen molar-refractivity contribution < 1.29 is 9.53 Å². The number of benzene rings is 3. The largest absolute Gasteiger partial charge is 0.497 e. The smallest absolute Gasteiger partial charge is 0.246 e. The van der Waals surface area contributed by atoms with Gasteiger partial charge in [0, 0.05) is 62.6 Å². The average Bonchev–Trinajstić information content (AvgIpc) is 2.96. The van der Waals surface area contributed by atoms with Crippen molar-refractivity contribution >= 4 is 34.3 Å². The van der Waals surface area contributed by atoms with Crippen LogP contribution >= 0.6 is 0 Å². The van der Waals surface area contributed by atoms with Gasteiger partial charge in [0.1, 0.15) is 5.75 Å². The van der Waals surface area contributed by atoms with Crippen LogP contribution in [0.3, 0.4) is 0 Å². The van der Waals surface area contributed by atoms with Gasteiger partial charge in [-0.3, -0.25) is 9.78 Å². The Bertz CT molecular complexity index is 1380. The molecular weight excluding hydrogens is 484 g/mol. The Balaban J connectivity index is 1.42.